The molecule has 122 valence electrons. The summed E-state index contributed by atoms with van der Waals surface area (Å²) in [6.45, 7) is 3.33. The van der Waals surface area contributed by atoms with Crippen molar-refractivity contribution >= 4 is 17.2 Å². The average molecular weight is 337 g/mol. The van der Waals surface area contributed by atoms with Crippen LogP contribution in [-0.2, 0) is 11.2 Å². The van der Waals surface area contributed by atoms with Crippen LogP contribution >= 0.6 is 11.3 Å². The number of benzene rings is 1. The fourth-order valence-electron chi connectivity index (χ4n) is 2.84. The fourth-order valence-corrected chi connectivity index (χ4v) is 3.68. The van der Waals surface area contributed by atoms with E-state index in [0.717, 1.165) is 54.8 Å². The number of rotatable bonds is 4. The van der Waals surface area contributed by atoms with Crippen LogP contribution in [0.25, 0.3) is 11.3 Å². The third-order valence-corrected chi connectivity index (χ3v) is 4.98. The number of hydrogen-bond acceptors (Lipinski definition) is 5. The molecule has 0 radical (unpaired) electrons. The summed E-state index contributed by atoms with van der Waals surface area (Å²) in [4.78, 5) is 11.6. The van der Waals surface area contributed by atoms with Crippen molar-refractivity contribution in [3.05, 3.63) is 64.6 Å². The van der Waals surface area contributed by atoms with E-state index in [0.29, 0.717) is 0 Å². The Morgan fingerprint density at radius 2 is 1.92 bits per heavy atom. The van der Waals surface area contributed by atoms with Gasteiger partial charge in [0.2, 0.25) is 0 Å². The van der Waals surface area contributed by atoms with E-state index in [-0.39, 0.29) is 0 Å². The molecule has 5 heteroatoms. The van der Waals surface area contributed by atoms with Crippen LogP contribution in [0.15, 0.2) is 54.0 Å². The highest BCUT2D eigenvalue weighted by Crippen LogP contribution is 2.26. The van der Waals surface area contributed by atoms with Crippen LogP contribution in [-0.4, -0.2) is 36.3 Å². The topological polar surface area (TPSA) is 38.2 Å². The zero-order valence-electron chi connectivity index (χ0n) is 13.4. The maximum Gasteiger partial charge on any atom is 0.129 e. The summed E-state index contributed by atoms with van der Waals surface area (Å²) in [5.41, 5.74) is 3.45. The minimum atomic E-state index is 0.768. The van der Waals surface area contributed by atoms with Crippen LogP contribution < -0.4 is 4.90 Å². The van der Waals surface area contributed by atoms with Gasteiger partial charge in [-0.2, -0.15) is 0 Å². The summed E-state index contributed by atoms with van der Waals surface area (Å²) in [5, 5.41) is 3.28. The molecular formula is C19H19N3OS. The van der Waals surface area contributed by atoms with E-state index in [9.17, 15) is 0 Å². The Labute approximate surface area is 145 Å². The number of pyridine rings is 1. The molecule has 3 aromatic rings. The van der Waals surface area contributed by atoms with Crippen LogP contribution in [0.2, 0.25) is 0 Å². The van der Waals surface area contributed by atoms with Gasteiger partial charge in [0.1, 0.15) is 5.82 Å². The minimum Gasteiger partial charge on any atom is -0.378 e. The summed E-state index contributed by atoms with van der Waals surface area (Å²) in [7, 11) is 0. The summed E-state index contributed by atoms with van der Waals surface area (Å²) >= 11 is 1.72. The second-order valence-corrected chi connectivity index (χ2v) is 6.73. The van der Waals surface area contributed by atoms with Gasteiger partial charge in [-0.15, -0.1) is 11.3 Å². The van der Waals surface area contributed by atoms with Gasteiger partial charge in [0, 0.05) is 36.7 Å². The molecule has 1 saturated heterocycles. The predicted octanol–water partition coefficient (Wildman–Crippen LogP) is 3.63. The highest BCUT2D eigenvalue weighted by atomic mass is 32.1. The first-order valence-corrected chi connectivity index (χ1v) is 9.04. The summed E-state index contributed by atoms with van der Waals surface area (Å²) < 4.78 is 5.42. The van der Waals surface area contributed by atoms with Crippen molar-refractivity contribution in [2.24, 2.45) is 0 Å². The predicted molar refractivity (Wildman–Crippen MR) is 97.6 cm³/mol. The lowest BCUT2D eigenvalue weighted by atomic mass is 10.1. The Morgan fingerprint density at radius 1 is 1.08 bits per heavy atom. The zero-order valence-corrected chi connectivity index (χ0v) is 14.2. The van der Waals surface area contributed by atoms with Gasteiger partial charge in [0.15, 0.2) is 0 Å². The first-order chi connectivity index (χ1) is 11.9. The number of morpholine rings is 1. The molecule has 1 aliphatic heterocycles. The highest BCUT2D eigenvalue weighted by Gasteiger charge is 2.14. The molecule has 1 aromatic carbocycles. The number of thiazole rings is 1. The second-order valence-electron chi connectivity index (χ2n) is 5.79. The molecule has 0 atom stereocenters. The Kier molecular flexibility index (Phi) is 4.53. The van der Waals surface area contributed by atoms with Crippen molar-refractivity contribution in [1.29, 1.82) is 0 Å². The summed E-state index contributed by atoms with van der Waals surface area (Å²) in [6.07, 6.45) is 2.75. The molecule has 4 nitrogen and oxygen atoms in total. The monoisotopic (exact) mass is 337 g/mol. The standard InChI is InChI=1S/C19H19N3OS/c1-2-4-15(5-3-1)12-19-21-17(14-24-19)16-6-7-20-18(13-16)22-8-10-23-11-9-22/h1-7,13-14H,8-12H2. The van der Waals surface area contributed by atoms with Crippen molar-refractivity contribution in [2.45, 2.75) is 6.42 Å². The smallest absolute Gasteiger partial charge is 0.129 e. The lowest BCUT2D eigenvalue weighted by Gasteiger charge is -2.27. The van der Waals surface area contributed by atoms with Gasteiger partial charge in [-0.05, 0) is 17.7 Å². The van der Waals surface area contributed by atoms with Gasteiger partial charge in [-0.25, -0.2) is 9.97 Å². The Morgan fingerprint density at radius 3 is 2.75 bits per heavy atom. The van der Waals surface area contributed by atoms with Gasteiger partial charge < -0.3 is 9.64 Å². The molecule has 0 saturated carbocycles. The Hall–Kier alpha value is -2.24. The molecule has 0 aliphatic carbocycles. The maximum atomic E-state index is 5.42. The molecule has 0 N–H and O–H groups in total. The summed E-state index contributed by atoms with van der Waals surface area (Å²) in [5.74, 6) is 1.01. The third-order valence-electron chi connectivity index (χ3n) is 4.13. The van der Waals surface area contributed by atoms with Gasteiger partial charge in [-0.3, -0.25) is 0 Å². The number of ether oxygens (including phenoxy) is 1. The Bertz CT molecular complexity index is 797. The normalized spacial score (nSPS) is 14.8. The molecular weight excluding hydrogens is 318 g/mol. The lowest BCUT2D eigenvalue weighted by molar-refractivity contribution is 0.122. The van der Waals surface area contributed by atoms with Crippen molar-refractivity contribution in [2.75, 3.05) is 31.2 Å². The third kappa shape index (κ3) is 3.47. The maximum absolute atomic E-state index is 5.42. The van der Waals surface area contributed by atoms with Crippen LogP contribution in [0.3, 0.4) is 0 Å². The molecule has 3 heterocycles. The van der Waals surface area contributed by atoms with Crippen LogP contribution in [0, 0.1) is 0 Å². The van der Waals surface area contributed by atoms with Gasteiger partial charge >= 0.3 is 0 Å². The van der Waals surface area contributed by atoms with E-state index < -0.39 is 0 Å². The average Bonchev–Trinajstić information content (AvgIpc) is 3.12. The van der Waals surface area contributed by atoms with E-state index in [1.807, 2.05) is 18.3 Å². The number of nitrogens with zero attached hydrogens (tertiary/aromatic N) is 3. The molecule has 24 heavy (non-hydrogen) atoms. The van der Waals surface area contributed by atoms with E-state index >= 15 is 0 Å². The van der Waals surface area contributed by atoms with E-state index in [1.54, 1.807) is 11.3 Å². The molecule has 0 unspecified atom stereocenters. The highest BCUT2D eigenvalue weighted by molar-refractivity contribution is 7.10. The summed E-state index contributed by atoms with van der Waals surface area (Å²) in [6, 6.07) is 14.6. The van der Waals surface area contributed by atoms with E-state index in [1.165, 1.54) is 5.56 Å². The van der Waals surface area contributed by atoms with Gasteiger partial charge in [0.05, 0.1) is 23.9 Å². The molecule has 1 fully saturated rings. The minimum absolute atomic E-state index is 0.768. The molecule has 4 rings (SSSR count). The Balaban J connectivity index is 1.53. The SMILES string of the molecule is c1ccc(Cc2nc(-c3ccnc(N4CCOCC4)c3)cs2)cc1. The van der Waals surface area contributed by atoms with Gasteiger partial charge in [-0.1, -0.05) is 30.3 Å². The number of aromatic nitrogens is 2. The van der Waals surface area contributed by atoms with Crippen LogP contribution in [0.5, 0.6) is 0 Å². The molecule has 2 aromatic heterocycles. The van der Waals surface area contributed by atoms with Crippen molar-refractivity contribution in [3.63, 3.8) is 0 Å². The zero-order chi connectivity index (χ0) is 16.2. The fraction of sp³-hybridized carbons (Fsp3) is 0.263. The van der Waals surface area contributed by atoms with E-state index in [2.05, 4.69) is 45.6 Å². The molecule has 1 aliphatic rings. The first kappa shape index (κ1) is 15.3. The van der Waals surface area contributed by atoms with Crippen molar-refractivity contribution in [1.82, 2.24) is 9.97 Å². The van der Waals surface area contributed by atoms with Crippen LogP contribution in [0.1, 0.15) is 10.6 Å². The van der Waals surface area contributed by atoms with Crippen molar-refractivity contribution in [3.8, 4) is 11.3 Å². The second kappa shape index (κ2) is 7.11. The quantitative estimate of drug-likeness (QED) is 0.729. The first-order valence-electron chi connectivity index (χ1n) is 8.16. The molecule has 0 bridgehead atoms. The molecule has 0 spiro atoms. The van der Waals surface area contributed by atoms with Crippen molar-refractivity contribution < 1.29 is 4.74 Å². The number of anilines is 1. The molecule has 0 amide bonds. The largest absolute Gasteiger partial charge is 0.378 e. The number of hydrogen-bond donors (Lipinski definition) is 0. The lowest BCUT2D eigenvalue weighted by Crippen LogP contribution is -2.36. The van der Waals surface area contributed by atoms with Gasteiger partial charge in [0.25, 0.3) is 0 Å². The van der Waals surface area contributed by atoms with Crippen LogP contribution in [0.4, 0.5) is 5.82 Å². The van der Waals surface area contributed by atoms with E-state index in [4.69, 9.17) is 9.72 Å².